The molecule has 1 atom stereocenters. The molecule has 0 saturated carbocycles. The molecule has 32 heavy (non-hydrogen) atoms. The van der Waals surface area contributed by atoms with Crippen molar-refractivity contribution in [2.45, 2.75) is 25.2 Å². The number of Topliss-reactive ketones (excluding diaryl/α,β-unsaturated/α-hetero) is 1. The average Bonchev–Trinajstić information content (AvgIpc) is 3.32. The van der Waals surface area contributed by atoms with E-state index in [0.717, 1.165) is 52.1 Å². The first-order chi connectivity index (χ1) is 15.7. The van der Waals surface area contributed by atoms with E-state index in [1.165, 1.54) is 0 Å². The number of aromatic nitrogens is 3. The maximum absolute atomic E-state index is 13.1. The van der Waals surface area contributed by atoms with Crippen molar-refractivity contribution >= 4 is 16.6 Å². The molecule has 0 saturated heterocycles. The number of rotatable bonds is 3. The predicted octanol–water partition coefficient (Wildman–Crippen LogP) is 4.96. The number of ether oxygens (including phenoxy) is 2. The van der Waals surface area contributed by atoms with Crippen molar-refractivity contribution < 1.29 is 14.3 Å². The zero-order valence-electron chi connectivity index (χ0n) is 17.6. The minimum Gasteiger partial charge on any atom is -0.494 e. The highest BCUT2D eigenvalue weighted by Gasteiger charge is 2.39. The van der Waals surface area contributed by atoms with Crippen LogP contribution in [0.2, 0.25) is 0 Å². The lowest BCUT2D eigenvalue weighted by molar-refractivity contribution is -0.116. The molecular formula is C26H21N3O3. The summed E-state index contributed by atoms with van der Waals surface area (Å²) < 4.78 is 13.5. The molecule has 6 rings (SSSR count). The Labute approximate surface area is 185 Å². The zero-order valence-corrected chi connectivity index (χ0v) is 17.6. The quantitative estimate of drug-likeness (QED) is 0.466. The summed E-state index contributed by atoms with van der Waals surface area (Å²) in [5, 5.41) is 11.1. The van der Waals surface area contributed by atoms with E-state index in [4.69, 9.17) is 9.47 Å². The van der Waals surface area contributed by atoms with E-state index >= 15 is 0 Å². The third-order valence-electron chi connectivity index (χ3n) is 6.29. The minimum absolute atomic E-state index is 0.127. The number of allylic oxidation sites excluding steroid dienone is 2. The Balaban J connectivity index is 1.58. The summed E-state index contributed by atoms with van der Waals surface area (Å²) in [6.07, 6.45) is 3.98. The second-order valence-electron chi connectivity index (χ2n) is 8.11. The van der Waals surface area contributed by atoms with Gasteiger partial charge >= 0.3 is 0 Å². The number of ketones is 1. The molecule has 1 aliphatic heterocycles. The van der Waals surface area contributed by atoms with Crippen LogP contribution in [0.1, 0.15) is 36.4 Å². The van der Waals surface area contributed by atoms with Gasteiger partial charge in [-0.1, -0.05) is 47.7 Å². The second-order valence-corrected chi connectivity index (χ2v) is 8.11. The van der Waals surface area contributed by atoms with E-state index in [2.05, 4.69) is 28.5 Å². The molecule has 3 aromatic carbocycles. The van der Waals surface area contributed by atoms with Crippen LogP contribution in [0, 0.1) is 0 Å². The van der Waals surface area contributed by atoms with E-state index in [1.807, 2.05) is 48.7 Å². The summed E-state index contributed by atoms with van der Waals surface area (Å²) in [7, 11) is 1.63. The molecule has 6 nitrogen and oxygen atoms in total. The van der Waals surface area contributed by atoms with Crippen molar-refractivity contribution in [3.63, 3.8) is 0 Å². The van der Waals surface area contributed by atoms with Gasteiger partial charge in [-0.3, -0.25) is 4.79 Å². The molecule has 2 aliphatic rings. The second kappa shape index (κ2) is 7.34. The van der Waals surface area contributed by atoms with Crippen molar-refractivity contribution in [3.8, 4) is 17.2 Å². The summed E-state index contributed by atoms with van der Waals surface area (Å²) in [6, 6.07) is 19.9. The molecule has 1 unspecified atom stereocenters. The standard InChI is InChI=1S/C26H21N3O3/c1-31-21-11-5-4-9-19(21)29-15-18(27-28-29)25-24-17-8-3-2-7-16(17)13-14-23(24)32-22-12-6-10-20(30)26(22)25/h2-5,7-9,11,13-15,25H,6,10,12H2,1H3. The van der Waals surface area contributed by atoms with Crippen LogP contribution in [0.15, 0.2) is 78.2 Å². The Kier molecular flexibility index (Phi) is 4.31. The Bertz CT molecular complexity index is 1400. The van der Waals surface area contributed by atoms with Crippen molar-refractivity contribution in [2.24, 2.45) is 0 Å². The van der Waals surface area contributed by atoms with Gasteiger partial charge in [-0.05, 0) is 35.4 Å². The van der Waals surface area contributed by atoms with Gasteiger partial charge in [-0.25, -0.2) is 4.68 Å². The lowest BCUT2D eigenvalue weighted by Gasteiger charge is -2.32. The van der Waals surface area contributed by atoms with Crippen LogP contribution in [0.3, 0.4) is 0 Å². The molecule has 0 radical (unpaired) electrons. The van der Waals surface area contributed by atoms with E-state index in [1.54, 1.807) is 11.8 Å². The average molecular weight is 423 g/mol. The highest BCUT2D eigenvalue weighted by molar-refractivity contribution is 6.01. The third kappa shape index (κ3) is 2.83. The highest BCUT2D eigenvalue weighted by Crippen LogP contribution is 2.48. The number of para-hydroxylation sites is 2. The Morgan fingerprint density at radius 1 is 1.03 bits per heavy atom. The van der Waals surface area contributed by atoms with Gasteiger partial charge in [0.2, 0.25) is 0 Å². The molecule has 0 N–H and O–H groups in total. The molecule has 158 valence electrons. The summed E-state index contributed by atoms with van der Waals surface area (Å²) in [6.45, 7) is 0. The van der Waals surface area contributed by atoms with E-state index < -0.39 is 0 Å². The van der Waals surface area contributed by atoms with E-state index in [-0.39, 0.29) is 11.7 Å². The largest absolute Gasteiger partial charge is 0.494 e. The van der Waals surface area contributed by atoms with Gasteiger partial charge in [-0.15, -0.1) is 5.10 Å². The van der Waals surface area contributed by atoms with Crippen molar-refractivity contribution in [1.29, 1.82) is 0 Å². The Morgan fingerprint density at radius 2 is 1.88 bits per heavy atom. The van der Waals surface area contributed by atoms with Crippen molar-refractivity contribution in [3.05, 3.63) is 89.5 Å². The van der Waals surface area contributed by atoms with Crippen molar-refractivity contribution in [2.75, 3.05) is 7.11 Å². The summed E-state index contributed by atoms with van der Waals surface area (Å²) in [5.74, 6) is 2.06. The topological polar surface area (TPSA) is 66.2 Å². The van der Waals surface area contributed by atoms with E-state index in [0.29, 0.717) is 17.7 Å². The van der Waals surface area contributed by atoms with Crippen LogP contribution in [0.25, 0.3) is 16.5 Å². The first-order valence-corrected chi connectivity index (χ1v) is 10.8. The minimum atomic E-state index is -0.323. The van der Waals surface area contributed by atoms with Gasteiger partial charge < -0.3 is 9.47 Å². The van der Waals surface area contributed by atoms with Gasteiger partial charge in [0.1, 0.15) is 22.9 Å². The number of hydrogen-bond acceptors (Lipinski definition) is 5. The fourth-order valence-electron chi connectivity index (χ4n) is 4.84. The third-order valence-corrected chi connectivity index (χ3v) is 6.29. The van der Waals surface area contributed by atoms with Crippen LogP contribution in [-0.2, 0) is 4.79 Å². The normalized spacial score (nSPS) is 17.7. The monoisotopic (exact) mass is 423 g/mol. The molecule has 1 aliphatic carbocycles. The fraction of sp³-hybridized carbons (Fsp3) is 0.192. The number of methoxy groups -OCH3 is 1. The van der Waals surface area contributed by atoms with Gasteiger partial charge in [-0.2, -0.15) is 0 Å². The number of benzene rings is 3. The smallest absolute Gasteiger partial charge is 0.163 e. The molecule has 6 heteroatoms. The maximum Gasteiger partial charge on any atom is 0.163 e. The molecule has 0 amide bonds. The van der Waals surface area contributed by atoms with Crippen LogP contribution in [0.4, 0.5) is 0 Å². The Morgan fingerprint density at radius 3 is 2.78 bits per heavy atom. The maximum atomic E-state index is 13.1. The van der Waals surface area contributed by atoms with E-state index in [9.17, 15) is 4.79 Å². The fourth-order valence-corrected chi connectivity index (χ4v) is 4.84. The number of carbonyl (C=O) groups excluding carboxylic acids is 1. The predicted molar refractivity (Wildman–Crippen MR) is 120 cm³/mol. The highest BCUT2D eigenvalue weighted by atomic mass is 16.5. The Hall–Kier alpha value is -3.93. The SMILES string of the molecule is COc1ccccc1-n1cc(C2C3=C(CCCC3=O)Oc3ccc4ccccc4c32)nn1. The van der Waals surface area contributed by atoms with Gasteiger partial charge in [0.25, 0.3) is 0 Å². The molecule has 1 aromatic heterocycles. The summed E-state index contributed by atoms with van der Waals surface area (Å²) >= 11 is 0. The van der Waals surface area contributed by atoms with Crippen molar-refractivity contribution in [1.82, 2.24) is 15.0 Å². The zero-order chi connectivity index (χ0) is 21.7. The molecular weight excluding hydrogens is 402 g/mol. The van der Waals surface area contributed by atoms with Gasteiger partial charge in [0.05, 0.1) is 24.9 Å². The summed E-state index contributed by atoms with van der Waals surface area (Å²) in [5.41, 5.74) is 3.21. The van der Waals surface area contributed by atoms with Gasteiger partial charge in [0, 0.05) is 24.0 Å². The van der Waals surface area contributed by atoms with Crippen LogP contribution in [0.5, 0.6) is 11.5 Å². The number of nitrogens with zero attached hydrogens (tertiary/aromatic N) is 3. The van der Waals surface area contributed by atoms with Crippen LogP contribution >= 0.6 is 0 Å². The molecule has 0 bridgehead atoms. The first kappa shape index (κ1) is 18.8. The summed E-state index contributed by atoms with van der Waals surface area (Å²) in [4.78, 5) is 13.1. The number of hydrogen-bond donors (Lipinski definition) is 0. The molecule has 0 spiro atoms. The lowest BCUT2D eigenvalue weighted by Crippen LogP contribution is -2.26. The van der Waals surface area contributed by atoms with Gasteiger partial charge in [0.15, 0.2) is 5.78 Å². The molecule has 2 heterocycles. The number of fused-ring (bicyclic) bond motifs is 3. The van der Waals surface area contributed by atoms with Crippen LogP contribution in [-0.4, -0.2) is 27.9 Å². The lowest BCUT2D eigenvalue weighted by atomic mass is 9.77. The first-order valence-electron chi connectivity index (χ1n) is 10.8. The van der Waals surface area contributed by atoms with Crippen LogP contribution < -0.4 is 9.47 Å². The molecule has 4 aromatic rings. The molecule has 0 fully saturated rings. The number of carbonyl (C=O) groups is 1.